The second-order valence-electron chi connectivity index (χ2n) is 6.04. The van der Waals surface area contributed by atoms with E-state index in [2.05, 4.69) is 25.6 Å². The van der Waals surface area contributed by atoms with Gasteiger partial charge in [-0.05, 0) is 26.0 Å². The van der Waals surface area contributed by atoms with Gasteiger partial charge in [-0.15, -0.1) is 0 Å². The van der Waals surface area contributed by atoms with E-state index in [0.29, 0.717) is 22.1 Å². The first kappa shape index (κ1) is 20.2. The summed E-state index contributed by atoms with van der Waals surface area (Å²) in [6.45, 7) is 5.41. The molecule has 0 fully saturated rings. The van der Waals surface area contributed by atoms with Crippen molar-refractivity contribution >= 4 is 49.9 Å². The lowest BCUT2D eigenvalue weighted by atomic mass is 10.0. The first-order chi connectivity index (χ1) is 12.3. The van der Waals surface area contributed by atoms with E-state index in [9.17, 15) is 4.79 Å². The average Bonchev–Trinajstić information content (AvgIpc) is 2.94. The monoisotopic (exact) mass is 385 g/mol. The Morgan fingerprint density at radius 3 is 2.70 bits per heavy atom. The molecule has 0 saturated heterocycles. The van der Waals surface area contributed by atoms with Crippen LogP contribution in [0, 0.1) is 5.41 Å². The van der Waals surface area contributed by atoms with E-state index in [0.717, 1.165) is 10.2 Å². The smallest absolute Gasteiger partial charge is 0.223 e. The summed E-state index contributed by atoms with van der Waals surface area (Å²) in [6.07, 6.45) is 1.38. The number of nitrogens with zero attached hydrogens (tertiary/aromatic N) is 3. The van der Waals surface area contributed by atoms with Crippen LogP contribution >= 0.6 is 11.3 Å². The zero-order chi connectivity index (χ0) is 18.8. The molecule has 1 amide bonds. The first-order valence-electron chi connectivity index (χ1n) is 7.99. The second-order valence-corrected chi connectivity index (χ2v) is 7.07. The zero-order valence-electron chi connectivity index (χ0n) is 14.6. The van der Waals surface area contributed by atoms with Gasteiger partial charge in [0.15, 0.2) is 5.13 Å². The van der Waals surface area contributed by atoms with Crippen LogP contribution in [0.3, 0.4) is 0 Å². The summed E-state index contributed by atoms with van der Waals surface area (Å²) in [5.41, 5.74) is 8.14. The zero-order valence-corrected chi connectivity index (χ0v) is 15.4. The molecule has 0 unspecified atom stereocenters. The van der Waals surface area contributed by atoms with Gasteiger partial charge in [-0.1, -0.05) is 24.8 Å². The van der Waals surface area contributed by atoms with Crippen LogP contribution in [0.2, 0.25) is 0 Å². The Balaban J connectivity index is 0.00000261. The third-order valence-corrected chi connectivity index (χ3v) is 4.45. The number of hydrogen-bond donors (Lipinski definition) is 4. The molecule has 27 heavy (non-hydrogen) atoms. The Morgan fingerprint density at radius 1 is 1.30 bits per heavy atom. The van der Waals surface area contributed by atoms with Crippen molar-refractivity contribution in [2.75, 3.05) is 16.4 Å². The molecule has 3 rings (SSSR count). The molecule has 2 aromatic heterocycles. The standard InChI is InChI=1S/C17H19N7OS.CH4/c1-8(2)22-16-13(15(19)20-7-21-16)14(18)10-4-5-11-12(6-10)26-17(24-11)23-9(3)25;/h4-8,18H,1-3H3,(H,23,24,25)(H3,19,20,21,22);1H4. The van der Waals surface area contributed by atoms with E-state index in [1.165, 1.54) is 24.6 Å². The Kier molecular flexibility index (Phi) is 6.06. The molecule has 0 bridgehead atoms. The molecule has 0 aliphatic rings. The van der Waals surface area contributed by atoms with E-state index in [1.54, 1.807) is 6.07 Å². The summed E-state index contributed by atoms with van der Waals surface area (Å²) in [6, 6.07) is 5.61. The van der Waals surface area contributed by atoms with Crippen LogP contribution in [0.4, 0.5) is 16.8 Å². The summed E-state index contributed by atoms with van der Waals surface area (Å²) in [5, 5.41) is 15.0. The van der Waals surface area contributed by atoms with Crippen LogP contribution in [0.5, 0.6) is 0 Å². The summed E-state index contributed by atoms with van der Waals surface area (Å²) in [7, 11) is 0. The van der Waals surface area contributed by atoms with Gasteiger partial charge < -0.3 is 16.4 Å². The summed E-state index contributed by atoms with van der Waals surface area (Å²) in [4.78, 5) is 23.8. The normalized spacial score (nSPS) is 10.5. The average molecular weight is 385 g/mol. The Bertz CT molecular complexity index is 997. The van der Waals surface area contributed by atoms with Crippen molar-refractivity contribution in [2.24, 2.45) is 0 Å². The van der Waals surface area contributed by atoms with Gasteiger partial charge in [0.2, 0.25) is 5.91 Å². The van der Waals surface area contributed by atoms with Gasteiger partial charge in [0.25, 0.3) is 0 Å². The molecule has 0 spiro atoms. The fraction of sp³-hybridized carbons (Fsp3) is 0.278. The van der Waals surface area contributed by atoms with Crippen molar-refractivity contribution in [3.8, 4) is 0 Å². The van der Waals surface area contributed by atoms with Crippen LogP contribution in [0.25, 0.3) is 10.2 Å². The van der Waals surface area contributed by atoms with Gasteiger partial charge in [0.1, 0.15) is 18.0 Å². The number of nitrogen functional groups attached to an aromatic ring is 1. The lowest BCUT2D eigenvalue weighted by Gasteiger charge is -2.15. The van der Waals surface area contributed by atoms with Crippen molar-refractivity contribution in [2.45, 2.75) is 34.2 Å². The molecule has 2 heterocycles. The van der Waals surface area contributed by atoms with Gasteiger partial charge in [0, 0.05) is 18.5 Å². The third-order valence-electron chi connectivity index (χ3n) is 3.51. The molecule has 142 valence electrons. The Labute approximate surface area is 161 Å². The van der Waals surface area contributed by atoms with E-state index in [4.69, 9.17) is 11.1 Å². The first-order valence-corrected chi connectivity index (χ1v) is 8.81. The van der Waals surface area contributed by atoms with Crippen molar-refractivity contribution in [1.29, 1.82) is 5.41 Å². The number of carbonyl (C=O) groups excluding carboxylic acids is 1. The van der Waals surface area contributed by atoms with Gasteiger partial charge in [-0.25, -0.2) is 15.0 Å². The van der Waals surface area contributed by atoms with E-state index in [1.807, 2.05) is 26.0 Å². The fourth-order valence-electron chi connectivity index (χ4n) is 2.46. The summed E-state index contributed by atoms with van der Waals surface area (Å²) < 4.78 is 0.866. The van der Waals surface area contributed by atoms with Gasteiger partial charge in [0.05, 0.1) is 21.5 Å². The number of aromatic nitrogens is 3. The number of nitrogens with two attached hydrogens (primary N) is 1. The lowest BCUT2D eigenvalue weighted by molar-refractivity contribution is -0.114. The molecule has 0 radical (unpaired) electrons. The number of fused-ring (bicyclic) bond motifs is 1. The molecule has 0 aliphatic heterocycles. The maximum Gasteiger partial charge on any atom is 0.223 e. The van der Waals surface area contributed by atoms with Crippen molar-refractivity contribution in [3.63, 3.8) is 0 Å². The van der Waals surface area contributed by atoms with Crippen LogP contribution in [-0.4, -0.2) is 32.6 Å². The summed E-state index contributed by atoms with van der Waals surface area (Å²) >= 11 is 1.35. The minimum absolute atomic E-state index is 0. The molecule has 0 atom stereocenters. The lowest BCUT2D eigenvalue weighted by Crippen LogP contribution is -2.17. The van der Waals surface area contributed by atoms with Crippen LogP contribution in [-0.2, 0) is 4.79 Å². The topological polar surface area (TPSA) is 130 Å². The van der Waals surface area contributed by atoms with E-state index >= 15 is 0 Å². The predicted molar refractivity (Wildman–Crippen MR) is 112 cm³/mol. The fourth-order valence-corrected chi connectivity index (χ4v) is 3.41. The minimum Gasteiger partial charge on any atom is -0.383 e. The molecular formula is C18H23N7OS. The summed E-state index contributed by atoms with van der Waals surface area (Å²) in [5.74, 6) is 0.605. The molecule has 0 aliphatic carbocycles. The molecule has 0 saturated carbocycles. The van der Waals surface area contributed by atoms with Gasteiger partial charge in [-0.2, -0.15) is 0 Å². The number of anilines is 3. The Hall–Kier alpha value is -3.07. The van der Waals surface area contributed by atoms with Crippen LogP contribution < -0.4 is 16.4 Å². The van der Waals surface area contributed by atoms with Crippen molar-refractivity contribution < 1.29 is 4.79 Å². The Morgan fingerprint density at radius 2 is 2.04 bits per heavy atom. The van der Waals surface area contributed by atoms with Crippen molar-refractivity contribution in [3.05, 3.63) is 35.7 Å². The number of benzene rings is 1. The van der Waals surface area contributed by atoms with Gasteiger partial charge >= 0.3 is 0 Å². The number of amides is 1. The highest BCUT2D eigenvalue weighted by Gasteiger charge is 2.17. The number of carbonyl (C=O) groups is 1. The highest BCUT2D eigenvalue weighted by molar-refractivity contribution is 7.22. The largest absolute Gasteiger partial charge is 0.383 e. The molecule has 1 aromatic carbocycles. The van der Waals surface area contributed by atoms with Crippen LogP contribution in [0.1, 0.15) is 39.3 Å². The quantitative estimate of drug-likeness (QED) is 0.497. The molecule has 5 N–H and O–H groups in total. The number of nitrogens with one attached hydrogen (secondary N) is 3. The maximum atomic E-state index is 11.2. The number of rotatable bonds is 5. The number of thiazole rings is 1. The molecule has 8 nitrogen and oxygen atoms in total. The molecule has 3 aromatic rings. The predicted octanol–water partition coefficient (Wildman–Crippen LogP) is 3.50. The van der Waals surface area contributed by atoms with E-state index in [-0.39, 0.29) is 30.9 Å². The molecular weight excluding hydrogens is 362 g/mol. The van der Waals surface area contributed by atoms with E-state index < -0.39 is 0 Å². The second kappa shape index (κ2) is 8.09. The maximum absolute atomic E-state index is 11.2. The highest BCUT2D eigenvalue weighted by atomic mass is 32.1. The SMILES string of the molecule is C.CC(=O)Nc1nc2ccc(C(=N)c3c(N)ncnc3NC(C)C)cc2s1. The third kappa shape index (κ3) is 4.37. The van der Waals surface area contributed by atoms with Crippen molar-refractivity contribution in [1.82, 2.24) is 15.0 Å². The highest BCUT2D eigenvalue weighted by Crippen LogP contribution is 2.29. The van der Waals surface area contributed by atoms with Gasteiger partial charge in [-0.3, -0.25) is 10.2 Å². The minimum atomic E-state index is -0.171. The van der Waals surface area contributed by atoms with Crippen LogP contribution in [0.15, 0.2) is 24.5 Å². The molecule has 9 heteroatoms. The number of hydrogen-bond acceptors (Lipinski definition) is 8.